The number of aromatic nitrogens is 2. The molecule has 1 aliphatic carbocycles. The Balaban J connectivity index is 1.46. The van der Waals surface area contributed by atoms with Crippen molar-refractivity contribution in [2.45, 2.75) is 57.4 Å². The third-order valence-corrected chi connectivity index (χ3v) is 7.33. The summed E-state index contributed by atoms with van der Waals surface area (Å²) in [5.41, 5.74) is 2.54. The molecule has 0 saturated heterocycles. The highest BCUT2D eigenvalue weighted by Crippen LogP contribution is 2.29. The van der Waals surface area contributed by atoms with Crippen molar-refractivity contribution < 1.29 is 0 Å². The van der Waals surface area contributed by atoms with Crippen molar-refractivity contribution in [1.82, 2.24) is 9.97 Å². The zero-order valence-electron chi connectivity index (χ0n) is 19.1. The van der Waals surface area contributed by atoms with Crippen molar-refractivity contribution in [3.8, 4) is 0 Å². The number of nitrogens with one attached hydrogen (secondary N) is 2. The van der Waals surface area contributed by atoms with Crippen molar-refractivity contribution in [1.29, 1.82) is 0 Å². The molecule has 2 aromatic carbocycles. The molecule has 0 bridgehead atoms. The van der Waals surface area contributed by atoms with Crippen LogP contribution in [0.25, 0.3) is 0 Å². The second-order valence-electron chi connectivity index (χ2n) is 9.10. The maximum atomic E-state index is 6.11. The molecule has 4 nitrogen and oxygen atoms in total. The Kier molecular flexibility index (Phi) is 8.63. The zero-order chi connectivity index (χ0) is 23.0. The summed E-state index contributed by atoms with van der Waals surface area (Å²) in [4.78, 5) is 8.94. The minimum Gasteiger partial charge on any atom is -0.370 e. The minimum atomic E-state index is 0.163. The maximum Gasteiger partial charge on any atom is 0.131 e. The highest BCUT2D eigenvalue weighted by molar-refractivity contribution is 9.10. The molecule has 0 radical (unpaired) electrons. The standard InChI is InChI=1S/C27H32BrClN4/c1-19(33-27-16-26(31-18-32-27)30-17-21-6-3-2-4-7-21)25(22-8-5-9-23(28)15-22)14-20-10-12-24(29)13-11-20/h5,8-13,15-16,18-19,21,25H,2-4,6-7,14,17H2,1H3,(H2,30,31,32,33)/t19-,25+/m0/s1. The molecule has 4 rings (SSSR count). The first-order valence-electron chi connectivity index (χ1n) is 11.9. The van der Waals surface area contributed by atoms with Crippen LogP contribution in [0.3, 0.4) is 0 Å². The van der Waals surface area contributed by atoms with Gasteiger partial charge in [-0.3, -0.25) is 0 Å². The smallest absolute Gasteiger partial charge is 0.131 e. The third kappa shape index (κ3) is 7.18. The van der Waals surface area contributed by atoms with E-state index in [1.54, 1.807) is 6.33 Å². The number of hydrogen-bond donors (Lipinski definition) is 2. The van der Waals surface area contributed by atoms with E-state index in [4.69, 9.17) is 11.6 Å². The van der Waals surface area contributed by atoms with Gasteiger partial charge in [-0.25, -0.2) is 9.97 Å². The fraction of sp³-hybridized carbons (Fsp3) is 0.407. The van der Waals surface area contributed by atoms with E-state index in [1.807, 2.05) is 18.2 Å². The molecule has 2 N–H and O–H groups in total. The van der Waals surface area contributed by atoms with Crippen molar-refractivity contribution in [3.63, 3.8) is 0 Å². The van der Waals surface area contributed by atoms with Crippen molar-refractivity contribution in [2.75, 3.05) is 17.2 Å². The van der Waals surface area contributed by atoms with E-state index >= 15 is 0 Å². The van der Waals surface area contributed by atoms with Crippen LogP contribution in [0, 0.1) is 5.92 Å². The van der Waals surface area contributed by atoms with Gasteiger partial charge in [-0.15, -0.1) is 0 Å². The second kappa shape index (κ2) is 11.8. The van der Waals surface area contributed by atoms with Gasteiger partial charge in [0.25, 0.3) is 0 Å². The lowest BCUT2D eigenvalue weighted by Gasteiger charge is -2.27. The molecule has 0 amide bonds. The Morgan fingerprint density at radius 2 is 1.76 bits per heavy atom. The van der Waals surface area contributed by atoms with E-state index in [-0.39, 0.29) is 12.0 Å². The molecule has 3 aromatic rings. The first-order valence-corrected chi connectivity index (χ1v) is 13.1. The van der Waals surface area contributed by atoms with Crippen molar-refractivity contribution >= 4 is 39.2 Å². The normalized spacial score (nSPS) is 16.2. The van der Waals surface area contributed by atoms with Gasteiger partial charge in [-0.2, -0.15) is 0 Å². The fourth-order valence-corrected chi connectivity index (χ4v) is 5.24. The molecule has 1 heterocycles. The average Bonchev–Trinajstić information content (AvgIpc) is 2.83. The molecule has 0 unspecified atom stereocenters. The summed E-state index contributed by atoms with van der Waals surface area (Å²) in [5.74, 6) is 2.75. The van der Waals surface area contributed by atoms with Gasteiger partial charge in [-0.05, 0) is 67.5 Å². The van der Waals surface area contributed by atoms with E-state index in [1.165, 1.54) is 43.2 Å². The fourth-order valence-electron chi connectivity index (χ4n) is 4.70. The van der Waals surface area contributed by atoms with Crippen LogP contribution < -0.4 is 10.6 Å². The van der Waals surface area contributed by atoms with Crippen molar-refractivity contribution in [3.05, 3.63) is 81.5 Å². The molecular formula is C27H32BrClN4. The molecule has 33 heavy (non-hydrogen) atoms. The van der Waals surface area contributed by atoms with Crippen LogP contribution in [0.5, 0.6) is 0 Å². The maximum absolute atomic E-state index is 6.11. The highest BCUT2D eigenvalue weighted by Gasteiger charge is 2.21. The van der Waals surface area contributed by atoms with E-state index in [9.17, 15) is 0 Å². The quantitative estimate of drug-likeness (QED) is 0.299. The number of hydrogen-bond acceptors (Lipinski definition) is 4. The Morgan fingerprint density at radius 1 is 1.00 bits per heavy atom. The predicted octanol–water partition coefficient (Wildman–Crippen LogP) is 7.71. The Morgan fingerprint density at radius 3 is 2.52 bits per heavy atom. The summed E-state index contributed by atoms with van der Waals surface area (Å²) in [6, 6.07) is 18.9. The molecule has 1 saturated carbocycles. The Bertz CT molecular complexity index is 1020. The lowest BCUT2D eigenvalue weighted by molar-refractivity contribution is 0.373. The first kappa shape index (κ1) is 24.0. The van der Waals surface area contributed by atoms with Crippen LogP contribution in [-0.2, 0) is 6.42 Å². The topological polar surface area (TPSA) is 49.8 Å². The van der Waals surface area contributed by atoms with E-state index in [0.29, 0.717) is 0 Å². The van der Waals surface area contributed by atoms with Gasteiger partial charge in [0, 0.05) is 34.1 Å². The first-order chi connectivity index (χ1) is 16.1. The third-order valence-electron chi connectivity index (χ3n) is 6.59. The van der Waals surface area contributed by atoms with Crippen LogP contribution in [0.1, 0.15) is 56.1 Å². The molecule has 1 fully saturated rings. The van der Waals surface area contributed by atoms with E-state index in [0.717, 1.165) is 40.0 Å². The average molecular weight is 528 g/mol. The highest BCUT2D eigenvalue weighted by atomic mass is 79.9. The molecular weight excluding hydrogens is 496 g/mol. The molecule has 0 spiro atoms. The van der Waals surface area contributed by atoms with Crippen LogP contribution in [-0.4, -0.2) is 22.6 Å². The second-order valence-corrected chi connectivity index (χ2v) is 10.5. The zero-order valence-corrected chi connectivity index (χ0v) is 21.4. The summed E-state index contributed by atoms with van der Waals surface area (Å²) in [5, 5.41) is 7.93. The van der Waals surface area contributed by atoms with Gasteiger partial charge in [0.2, 0.25) is 0 Å². The molecule has 1 aromatic heterocycles. The lowest BCUT2D eigenvalue weighted by Crippen LogP contribution is -2.26. The van der Waals surface area contributed by atoms with Gasteiger partial charge in [-0.1, -0.05) is 71.1 Å². The predicted molar refractivity (Wildman–Crippen MR) is 142 cm³/mol. The van der Waals surface area contributed by atoms with Crippen LogP contribution in [0.2, 0.25) is 5.02 Å². The van der Waals surface area contributed by atoms with Crippen molar-refractivity contribution in [2.24, 2.45) is 5.92 Å². The summed E-state index contributed by atoms with van der Waals surface area (Å²) in [6.07, 6.45) is 9.27. The summed E-state index contributed by atoms with van der Waals surface area (Å²) in [7, 11) is 0. The minimum absolute atomic E-state index is 0.163. The monoisotopic (exact) mass is 526 g/mol. The van der Waals surface area contributed by atoms with Gasteiger partial charge >= 0.3 is 0 Å². The molecule has 174 valence electrons. The number of nitrogens with zero attached hydrogens (tertiary/aromatic N) is 2. The summed E-state index contributed by atoms with van der Waals surface area (Å²) < 4.78 is 1.09. The van der Waals surface area contributed by atoms with Gasteiger partial charge in [0.15, 0.2) is 0 Å². The number of anilines is 2. The SMILES string of the molecule is C[C@H](Nc1cc(NCC2CCCCC2)ncn1)[C@@H](Cc1ccc(Cl)cc1)c1cccc(Br)c1. The molecule has 6 heteroatoms. The molecule has 1 aliphatic rings. The molecule has 0 aliphatic heterocycles. The number of rotatable bonds is 9. The van der Waals surface area contributed by atoms with E-state index in [2.05, 4.69) is 79.9 Å². The number of benzene rings is 2. The van der Waals surface area contributed by atoms with Crippen LogP contribution in [0.4, 0.5) is 11.6 Å². The summed E-state index contributed by atoms with van der Waals surface area (Å²) in [6.45, 7) is 3.21. The Labute approximate surface area is 210 Å². The summed E-state index contributed by atoms with van der Waals surface area (Å²) >= 11 is 9.74. The largest absolute Gasteiger partial charge is 0.370 e. The number of halogens is 2. The van der Waals surface area contributed by atoms with Gasteiger partial charge < -0.3 is 10.6 Å². The van der Waals surface area contributed by atoms with Gasteiger partial charge in [0.05, 0.1) is 0 Å². The van der Waals surface area contributed by atoms with Crippen LogP contribution in [0.15, 0.2) is 65.4 Å². The van der Waals surface area contributed by atoms with E-state index < -0.39 is 0 Å². The van der Waals surface area contributed by atoms with Crippen LogP contribution >= 0.6 is 27.5 Å². The van der Waals surface area contributed by atoms with Gasteiger partial charge in [0.1, 0.15) is 18.0 Å². The Hall–Kier alpha value is -2.11. The lowest BCUT2D eigenvalue weighted by atomic mass is 9.86. The molecule has 2 atom stereocenters.